The highest BCUT2D eigenvalue weighted by atomic mass is 35.5. The molecule has 80 valence electrons. The SMILES string of the molecule is O=C(O)C(=O)c1c(O)c(O)cc(O)c1Cl. The molecule has 4 N–H and O–H groups in total. The van der Waals surface area contributed by atoms with Crippen LogP contribution in [0.5, 0.6) is 17.2 Å². The third-order valence-electron chi connectivity index (χ3n) is 1.62. The van der Waals surface area contributed by atoms with Gasteiger partial charge < -0.3 is 20.4 Å². The fourth-order valence-corrected chi connectivity index (χ4v) is 1.17. The van der Waals surface area contributed by atoms with Crippen molar-refractivity contribution in [1.82, 2.24) is 0 Å². The largest absolute Gasteiger partial charge is 0.506 e. The Morgan fingerprint density at radius 2 is 1.67 bits per heavy atom. The average Bonchev–Trinajstić information content (AvgIpc) is 2.15. The summed E-state index contributed by atoms with van der Waals surface area (Å²) in [6.07, 6.45) is 0. The van der Waals surface area contributed by atoms with Crippen molar-refractivity contribution >= 4 is 23.4 Å². The molecule has 0 aliphatic heterocycles. The first kappa shape index (κ1) is 11.1. The maximum atomic E-state index is 11.0. The van der Waals surface area contributed by atoms with Gasteiger partial charge in [0.05, 0.1) is 10.6 Å². The van der Waals surface area contributed by atoms with Gasteiger partial charge >= 0.3 is 5.97 Å². The number of halogens is 1. The molecule has 1 rings (SSSR count). The number of phenols is 3. The third kappa shape index (κ3) is 1.79. The maximum Gasteiger partial charge on any atom is 0.377 e. The van der Waals surface area contributed by atoms with E-state index in [1.807, 2.05) is 0 Å². The molecule has 1 aromatic carbocycles. The minimum atomic E-state index is -1.86. The molecule has 0 spiro atoms. The summed E-state index contributed by atoms with van der Waals surface area (Å²) in [6.45, 7) is 0. The van der Waals surface area contributed by atoms with Crippen LogP contribution in [-0.2, 0) is 4.79 Å². The quantitative estimate of drug-likeness (QED) is 0.259. The van der Waals surface area contributed by atoms with Crippen molar-refractivity contribution in [3.8, 4) is 17.2 Å². The Labute approximate surface area is 88.0 Å². The summed E-state index contributed by atoms with van der Waals surface area (Å²) < 4.78 is 0. The molecule has 1 aromatic rings. The number of carboxylic acid groups (broad SMARTS) is 1. The van der Waals surface area contributed by atoms with E-state index in [1.165, 1.54) is 0 Å². The van der Waals surface area contributed by atoms with Crippen LogP contribution in [0.25, 0.3) is 0 Å². The Hall–Kier alpha value is -1.95. The van der Waals surface area contributed by atoms with E-state index in [4.69, 9.17) is 26.9 Å². The molecule has 0 saturated carbocycles. The Balaban J connectivity index is 3.53. The molecular formula is C8H5ClO6. The number of aromatic hydroxyl groups is 3. The van der Waals surface area contributed by atoms with E-state index in [0.29, 0.717) is 6.07 Å². The summed E-state index contributed by atoms with van der Waals surface area (Å²) in [5.74, 6) is -5.90. The first-order valence-electron chi connectivity index (χ1n) is 3.57. The van der Waals surface area contributed by atoms with Crippen LogP contribution in [0.3, 0.4) is 0 Å². The third-order valence-corrected chi connectivity index (χ3v) is 2.00. The number of hydrogen-bond acceptors (Lipinski definition) is 5. The van der Waals surface area contributed by atoms with Gasteiger partial charge in [-0.15, -0.1) is 0 Å². The monoisotopic (exact) mass is 232 g/mol. The lowest BCUT2D eigenvalue weighted by Crippen LogP contribution is -2.13. The number of ketones is 1. The second kappa shape index (κ2) is 3.66. The molecule has 6 nitrogen and oxygen atoms in total. The fourth-order valence-electron chi connectivity index (χ4n) is 0.935. The number of phenolic OH excluding ortho intramolecular Hbond substituents is 3. The highest BCUT2D eigenvalue weighted by molar-refractivity contribution is 6.46. The molecule has 0 atom stereocenters. The van der Waals surface area contributed by atoms with Crippen LogP contribution in [-0.4, -0.2) is 32.2 Å². The van der Waals surface area contributed by atoms with E-state index in [-0.39, 0.29) is 0 Å². The molecule has 0 aliphatic carbocycles. The van der Waals surface area contributed by atoms with Crippen LogP contribution >= 0.6 is 11.6 Å². The molecule has 0 radical (unpaired) electrons. The van der Waals surface area contributed by atoms with E-state index < -0.39 is 39.6 Å². The summed E-state index contributed by atoms with van der Waals surface area (Å²) in [7, 11) is 0. The Morgan fingerprint density at radius 1 is 1.13 bits per heavy atom. The Kier molecular flexibility index (Phi) is 2.71. The van der Waals surface area contributed by atoms with Crippen molar-refractivity contribution in [2.75, 3.05) is 0 Å². The standard InChI is InChI=1S/C8H5ClO6/c9-5-2(10)1-3(11)6(12)4(5)7(13)8(14)15/h1,10-12H,(H,14,15). The second-order valence-electron chi connectivity index (χ2n) is 2.59. The number of carbonyl (C=O) groups excluding carboxylic acids is 1. The number of carboxylic acids is 1. The van der Waals surface area contributed by atoms with Crippen LogP contribution in [0.15, 0.2) is 6.07 Å². The van der Waals surface area contributed by atoms with Crippen molar-refractivity contribution in [1.29, 1.82) is 0 Å². The molecule has 0 bridgehead atoms. The molecule has 0 unspecified atom stereocenters. The highest BCUT2D eigenvalue weighted by Crippen LogP contribution is 2.40. The number of benzene rings is 1. The van der Waals surface area contributed by atoms with Crippen LogP contribution in [0.1, 0.15) is 10.4 Å². The lowest BCUT2D eigenvalue weighted by Gasteiger charge is -2.06. The smallest absolute Gasteiger partial charge is 0.377 e. The Morgan fingerprint density at radius 3 is 2.13 bits per heavy atom. The predicted octanol–water partition coefficient (Wildman–Crippen LogP) is 0.724. The van der Waals surface area contributed by atoms with Crippen LogP contribution in [0, 0.1) is 0 Å². The van der Waals surface area contributed by atoms with Gasteiger partial charge in [0.25, 0.3) is 5.78 Å². The topological polar surface area (TPSA) is 115 Å². The molecule has 7 heteroatoms. The molecule has 0 aromatic heterocycles. The molecular weight excluding hydrogens is 228 g/mol. The number of carbonyl (C=O) groups is 2. The first-order valence-corrected chi connectivity index (χ1v) is 3.95. The lowest BCUT2D eigenvalue weighted by molar-refractivity contribution is -0.131. The van der Waals surface area contributed by atoms with E-state index >= 15 is 0 Å². The van der Waals surface area contributed by atoms with Crippen molar-refractivity contribution in [3.05, 3.63) is 16.7 Å². The van der Waals surface area contributed by atoms with Gasteiger partial charge in [0, 0.05) is 6.07 Å². The number of Topliss-reactive ketones (excluding diaryl/α,β-unsaturated/α-hetero) is 1. The van der Waals surface area contributed by atoms with Gasteiger partial charge in [-0.3, -0.25) is 4.79 Å². The van der Waals surface area contributed by atoms with Crippen LogP contribution in [0.2, 0.25) is 5.02 Å². The fraction of sp³-hybridized carbons (Fsp3) is 0. The van der Waals surface area contributed by atoms with E-state index in [9.17, 15) is 14.7 Å². The minimum absolute atomic E-state index is 0.627. The van der Waals surface area contributed by atoms with Gasteiger partial charge in [-0.2, -0.15) is 0 Å². The van der Waals surface area contributed by atoms with Crippen LogP contribution < -0.4 is 0 Å². The number of aliphatic carboxylic acids is 1. The Bertz CT molecular complexity index is 427. The van der Waals surface area contributed by atoms with Crippen molar-refractivity contribution < 1.29 is 30.0 Å². The van der Waals surface area contributed by atoms with Crippen LogP contribution in [0.4, 0.5) is 0 Å². The van der Waals surface area contributed by atoms with Crippen molar-refractivity contribution in [2.24, 2.45) is 0 Å². The lowest BCUT2D eigenvalue weighted by atomic mass is 10.1. The second-order valence-corrected chi connectivity index (χ2v) is 2.96. The predicted molar refractivity (Wildman–Crippen MR) is 48.4 cm³/mol. The van der Waals surface area contributed by atoms with Gasteiger partial charge in [-0.1, -0.05) is 11.6 Å². The number of hydrogen-bond donors (Lipinski definition) is 4. The minimum Gasteiger partial charge on any atom is -0.506 e. The molecule has 0 amide bonds. The zero-order valence-electron chi connectivity index (χ0n) is 7.06. The molecule has 0 saturated heterocycles. The molecule has 15 heavy (non-hydrogen) atoms. The number of rotatable bonds is 2. The van der Waals surface area contributed by atoms with E-state index in [2.05, 4.69) is 0 Å². The molecule has 0 fully saturated rings. The first-order chi connectivity index (χ1) is 6.86. The zero-order chi connectivity index (χ0) is 11.7. The van der Waals surface area contributed by atoms with Crippen molar-refractivity contribution in [3.63, 3.8) is 0 Å². The highest BCUT2D eigenvalue weighted by Gasteiger charge is 2.26. The van der Waals surface area contributed by atoms with Gasteiger partial charge in [-0.25, -0.2) is 4.79 Å². The normalized spacial score (nSPS) is 9.93. The molecule has 0 aliphatic rings. The summed E-state index contributed by atoms with van der Waals surface area (Å²) in [5.41, 5.74) is -0.846. The summed E-state index contributed by atoms with van der Waals surface area (Å²) in [4.78, 5) is 21.4. The maximum absolute atomic E-state index is 11.0. The van der Waals surface area contributed by atoms with Gasteiger partial charge in [0.15, 0.2) is 11.5 Å². The van der Waals surface area contributed by atoms with E-state index in [0.717, 1.165) is 0 Å². The summed E-state index contributed by atoms with van der Waals surface area (Å²) in [5, 5.41) is 35.1. The summed E-state index contributed by atoms with van der Waals surface area (Å²) >= 11 is 5.40. The van der Waals surface area contributed by atoms with Gasteiger partial charge in [0.1, 0.15) is 5.75 Å². The van der Waals surface area contributed by atoms with Crippen molar-refractivity contribution in [2.45, 2.75) is 0 Å². The molecule has 0 heterocycles. The summed E-state index contributed by atoms with van der Waals surface area (Å²) in [6, 6.07) is 0.691. The average molecular weight is 233 g/mol. The van der Waals surface area contributed by atoms with Gasteiger partial charge in [0.2, 0.25) is 0 Å². The van der Waals surface area contributed by atoms with Gasteiger partial charge in [-0.05, 0) is 0 Å². The zero-order valence-corrected chi connectivity index (χ0v) is 7.82. The van der Waals surface area contributed by atoms with E-state index in [1.54, 1.807) is 0 Å².